The van der Waals surface area contributed by atoms with Crippen LogP contribution in [0.25, 0.3) is 0 Å². The van der Waals surface area contributed by atoms with Crippen LogP contribution in [0.1, 0.15) is 67.2 Å². The second-order valence-electron chi connectivity index (χ2n) is 8.30. The highest BCUT2D eigenvalue weighted by atomic mass is 16.2. The largest absolute Gasteiger partial charge is 0.356 e. The molecule has 0 saturated carbocycles. The van der Waals surface area contributed by atoms with Gasteiger partial charge in [0.15, 0.2) is 0 Å². The predicted octanol–water partition coefficient (Wildman–Crippen LogP) is 3.12. The summed E-state index contributed by atoms with van der Waals surface area (Å²) in [6, 6.07) is 0. The van der Waals surface area contributed by atoms with Crippen LogP contribution >= 0.6 is 0 Å². The fourth-order valence-corrected chi connectivity index (χ4v) is 3.44. The molecule has 128 valence electrons. The Balaban J connectivity index is 0.000000224. The number of amides is 2. The van der Waals surface area contributed by atoms with Crippen LogP contribution in [0.3, 0.4) is 0 Å². The molecule has 0 bridgehead atoms. The maximum absolute atomic E-state index is 11.1. The third-order valence-electron chi connectivity index (χ3n) is 4.54. The van der Waals surface area contributed by atoms with Crippen molar-refractivity contribution in [2.45, 2.75) is 72.8 Å². The van der Waals surface area contributed by atoms with Gasteiger partial charge in [-0.25, -0.2) is 0 Å². The molecular formula is C18H34N2O2. The van der Waals surface area contributed by atoms with E-state index in [0.717, 1.165) is 25.3 Å². The Kier molecular flexibility index (Phi) is 6.89. The molecule has 2 atom stereocenters. The summed E-state index contributed by atoms with van der Waals surface area (Å²) in [6.07, 6.45) is 3.79. The van der Waals surface area contributed by atoms with Gasteiger partial charge in [0.05, 0.1) is 0 Å². The van der Waals surface area contributed by atoms with Crippen molar-refractivity contribution in [1.29, 1.82) is 0 Å². The standard InChI is InChI=1S/C10H19NO.C8H15NO/c1-7(2)5-8-6-9(12)11-10(8,3)4;1-6(2)3-7-4-8(10)9-5-7/h7-8H,5-6H2,1-4H3,(H,11,12);6-7H,3-5H2,1-2H3,(H,9,10). The molecule has 2 rings (SSSR count). The van der Waals surface area contributed by atoms with Crippen LogP contribution in [-0.4, -0.2) is 23.9 Å². The van der Waals surface area contributed by atoms with E-state index in [0.29, 0.717) is 24.2 Å². The summed E-state index contributed by atoms with van der Waals surface area (Å²) in [6.45, 7) is 13.9. The van der Waals surface area contributed by atoms with Gasteiger partial charge in [-0.2, -0.15) is 0 Å². The monoisotopic (exact) mass is 310 g/mol. The van der Waals surface area contributed by atoms with Gasteiger partial charge in [-0.15, -0.1) is 0 Å². The molecule has 0 aromatic rings. The molecule has 2 aliphatic heterocycles. The summed E-state index contributed by atoms with van der Waals surface area (Å²) < 4.78 is 0. The normalized spacial score (nSPS) is 26.7. The Morgan fingerprint density at radius 1 is 1.00 bits per heavy atom. The molecule has 2 aliphatic rings. The fraction of sp³-hybridized carbons (Fsp3) is 0.889. The molecule has 2 N–H and O–H groups in total. The molecule has 4 heteroatoms. The Hall–Kier alpha value is -1.06. The molecule has 2 saturated heterocycles. The maximum atomic E-state index is 11.1. The van der Waals surface area contributed by atoms with Gasteiger partial charge in [0.1, 0.15) is 0 Å². The van der Waals surface area contributed by atoms with E-state index in [-0.39, 0.29) is 17.4 Å². The second-order valence-corrected chi connectivity index (χ2v) is 8.30. The van der Waals surface area contributed by atoms with Gasteiger partial charge in [-0.05, 0) is 50.4 Å². The number of carbonyl (C=O) groups is 2. The van der Waals surface area contributed by atoms with Crippen molar-refractivity contribution >= 4 is 11.8 Å². The highest BCUT2D eigenvalue weighted by molar-refractivity contribution is 5.79. The van der Waals surface area contributed by atoms with E-state index in [1.165, 1.54) is 6.42 Å². The summed E-state index contributed by atoms with van der Waals surface area (Å²) >= 11 is 0. The fourth-order valence-electron chi connectivity index (χ4n) is 3.44. The van der Waals surface area contributed by atoms with Gasteiger partial charge in [-0.3, -0.25) is 9.59 Å². The number of nitrogens with one attached hydrogen (secondary N) is 2. The molecule has 2 amide bonds. The average molecular weight is 310 g/mol. The molecule has 0 aromatic heterocycles. The van der Waals surface area contributed by atoms with Gasteiger partial charge in [0, 0.05) is 24.9 Å². The molecule has 4 nitrogen and oxygen atoms in total. The molecule has 2 unspecified atom stereocenters. The van der Waals surface area contributed by atoms with Crippen LogP contribution in [0.5, 0.6) is 0 Å². The summed E-state index contributed by atoms with van der Waals surface area (Å²) in [4.78, 5) is 21.9. The van der Waals surface area contributed by atoms with E-state index in [1.54, 1.807) is 0 Å². The highest BCUT2D eigenvalue weighted by Crippen LogP contribution is 2.31. The van der Waals surface area contributed by atoms with Crippen molar-refractivity contribution in [2.75, 3.05) is 6.54 Å². The van der Waals surface area contributed by atoms with Gasteiger partial charge in [0.2, 0.25) is 11.8 Å². The topological polar surface area (TPSA) is 58.2 Å². The first-order chi connectivity index (χ1) is 10.1. The van der Waals surface area contributed by atoms with E-state index >= 15 is 0 Å². The van der Waals surface area contributed by atoms with E-state index in [9.17, 15) is 9.59 Å². The van der Waals surface area contributed by atoms with Crippen molar-refractivity contribution < 1.29 is 9.59 Å². The average Bonchev–Trinajstić information content (AvgIpc) is 2.82. The predicted molar refractivity (Wildman–Crippen MR) is 90.4 cm³/mol. The van der Waals surface area contributed by atoms with Crippen molar-refractivity contribution in [1.82, 2.24) is 10.6 Å². The third kappa shape index (κ3) is 6.37. The number of carbonyl (C=O) groups excluding carboxylic acids is 2. The molecule has 0 aromatic carbocycles. The molecule has 2 fully saturated rings. The lowest BCUT2D eigenvalue weighted by Gasteiger charge is -2.27. The maximum Gasteiger partial charge on any atom is 0.220 e. The van der Waals surface area contributed by atoms with Crippen LogP contribution in [0.4, 0.5) is 0 Å². The molecule has 22 heavy (non-hydrogen) atoms. The highest BCUT2D eigenvalue weighted by Gasteiger charge is 2.38. The lowest BCUT2D eigenvalue weighted by molar-refractivity contribution is -0.120. The Labute approximate surface area is 135 Å². The van der Waals surface area contributed by atoms with E-state index < -0.39 is 0 Å². The zero-order valence-corrected chi connectivity index (χ0v) is 15.2. The first kappa shape index (κ1) is 19.0. The number of hydrogen-bond acceptors (Lipinski definition) is 2. The van der Waals surface area contributed by atoms with Crippen LogP contribution in [0.2, 0.25) is 0 Å². The van der Waals surface area contributed by atoms with E-state index in [2.05, 4.69) is 52.2 Å². The Morgan fingerprint density at radius 2 is 1.59 bits per heavy atom. The van der Waals surface area contributed by atoms with Gasteiger partial charge < -0.3 is 10.6 Å². The van der Waals surface area contributed by atoms with Gasteiger partial charge in [-0.1, -0.05) is 27.7 Å². The smallest absolute Gasteiger partial charge is 0.220 e. The minimum atomic E-state index is 0.0152. The number of hydrogen-bond donors (Lipinski definition) is 2. The molecule has 0 spiro atoms. The summed E-state index contributed by atoms with van der Waals surface area (Å²) in [5, 5.41) is 5.85. The summed E-state index contributed by atoms with van der Waals surface area (Å²) in [5.41, 5.74) is 0.0152. The quantitative estimate of drug-likeness (QED) is 0.838. The summed E-state index contributed by atoms with van der Waals surface area (Å²) in [7, 11) is 0. The molecule has 0 aliphatic carbocycles. The van der Waals surface area contributed by atoms with E-state index in [1.807, 2.05) is 0 Å². The van der Waals surface area contributed by atoms with Crippen LogP contribution in [0.15, 0.2) is 0 Å². The Bertz CT molecular complexity index is 389. The van der Waals surface area contributed by atoms with Gasteiger partial charge in [0.25, 0.3) is 0 Å². The molecule has 2 heterocycles. The van der Waals surface area contributed by atoms with Crippen molar-refractivity contribution in [3.8, 4) is 0 Å². The SMILES string of the molecule is CC(C)CC1CC(=O)NC1(C)C.CC(C)CC1CNC(=O)C1. The van der Waals surface area contributed by atoms with E-state index in [4.69, 9.17) is 0 Å². The van der Waals surface area contributed by atoms with Crippen molar-refractivity contribution in [2.24, 2.45) is 23.7 Å². The number of rotatable bonds is 4. The minimum Gasteiger partial charge on any atom is -0.356 e. The van der Waals surface area contributed by atoms with Crippen molar-refractivity contribution in [3.63, 3.8) is 0 Å². The second kappa shape index (κ2) is 7.98. The summed E-state index contributed by atoms with van der Waals surface area (Å²) in [5.74, 6) is 2.97. The Morgan fingerprint density at radius 3 is 1.95 bits per heavy atom. The zero-order chi connectivity index (χ0) is 16.9. The third-order valence-corrected chi connectivity index (χ3v) is 4.54. The lowest BCUT2D eigenvalue weighted by atomic mass is 9.83. The first-order valence-electron chi connectivity index (χ1n) is 8.67. The lowest BCUT2D eigenvalue weighted by Crippen LogP contribution is -2.39. The zero-order valence-electron chi connectivity index (χ0n) is 15.2. The molecule has 0 radical (unpaired) electrons. The van der Waals surface area contributed by atoms with Crippen LogP contribution in [0, 0.1) is 23.7 Å². The first-order valence-corrected chi connectivity index (χ1v) is 8.67. The van der Waals surface area contributed by atoms with Crippen molar-refractivity contribution in [3.05, 3.63) is 0 Å². The minimum absolute atomic E-state index is 0.0152. The van der Waals surface area contributed by atoms with Crippen LogP contribution in [-0.2, 0) is 9.59 Å². The van der Waals surface area contributed by atoms with Crippen LogP contribution < -0.4 is 10.6 Å². The van der Waals surface area contributed by atoms with Gasteiger partial charge >= 0.3 is 0 Å². The molecular weight excluding hydrogens is 276 g/mol.